The number of hydrogen-bond donors (Lipinski definition) is 2. The van der Waals surface area contributed by atoms with E-state index in [0.29, 0.717) is 43.2 Å². The van der Waals surface area contributed by atoms with E-state index in [1.165, 1.54) is 0 Å². The van der Waals surface area contributed by atoms with Crippen molar-refractivity contribution < 1.29 is 23.9 Å². The third-order valence-corrected chi connectivity index (χ3v) is 4.97. The molecular formula is C19H26N4O5. The largest absolute Gasteiger partial charge is 0.454 e. The number of carbonyl (C=O) groups excluding carboxylic acids is 3. The van der Waals surface area contributed by atoms with Crippen LogP contribution in [0.4, 0.5) is 0 Å². The van der Waals surface area contributed by atoms with Gasteiger partial charge in [-0.05, 0) is 24.1 Å². The predicted octanol–water partition coefficient (Wildman–Crippen LogP) is -0.201. The lowest BCUT2D eigenvalue weighted by Gasteiger charge is -2.35. The number of amides is 3. The first-order valence-corrected chi connectivity index (χ1v) is 9.37. The summed E-state index contributed by atoms with van der Waals surface area (Å²) in [5.74, 6) is 0.572. The van der Waals surface area contributed by atoms with Crippen molar-refractivity contribution in [3.8, 4) is 11.5 Å². The number of nitrogens with one attached hydrogen (secondary N) is 1. The molecule has 0 aromatic heterocycles. The molecule has 2 aliphatic rings. The monoisotopic (exact) mass is 390 g/mol. The normalized spacial score (nSPS) is 16.9. The van der Waals surface area contributed by atoms with E-state index in [0.717, 1.165) is 0 Å². The van der Waals surface area contributed by atoms with Crippen molar-refractivity contribution in [1.29, 1.82) is 0 Å². The topological polar surface area (TPSA) is 114 Å². The van der Waals surface area contributed by atoms with Crippen LogP contribution in [0, 0.1) is 5.92 Å². The molecule has 1 saturated heterocycles. The average Bonchev–Trinajstić information content (AvgIpc) is 3.18. The van der Waals surface area contributed by atoms with E-state index in [4.69, 9.17) is 15.2 Å². The first kappa shape index (κ1) is 19.9. The van der Waals surface area contributed by atoms with Gasteiger partial charge in [-0.1, -0.05) is 13.8 Å². The number of ether oxygens (including phenoxy) is 2. The third kappa shape index (κ3) is 4.36. The van der Waals surface area contributed by atoms with Crippen molar-refractivity contribution in [1.82, 2.24) is 15.1 Å². The summed E-state index contributed by atoms with van der Waals surface area (Å²) in [5, 5.41) is 2.58. The molecule has 2 aliphatic heterocycles. The first-order chi connectivity index (χ1) is 13.4. The molecule has 0 bridgehead atoms. The van der Waals surface area contributed by atoms with Gasteiger partial charge in [0.2, 0.25) is 18.6 Å². The molecular weight excluding hydrogens is 364 g/mol. The zero-order valence-electron chi connectivity index (χ0n) is 16.1. The highest BCUT2D eigenvalue weighted by molar-refractivity contribution is 5.95. The highest BCUT2D eigenvalue weighted by Crippen LogP contribution is 2.32. The van der Waals surface area contributed by atoms with Crippen molar-refractivity contribution in [2.24, 2.45) is 11.7 Å². The van der Waals surface area contributed by atoms with Gasteiger partial charge in [0, 0.05) is 31.7 Å². The van der Waals surface area contributed by atoms with Gasteiger partial charge in [0.15, 0.2) is 11.5 Å². The van der Waals surface area contributed by atoms with Crippen LogP contribution in [-0.2, 0) is 9.59 Å². The van der Waals surface area contributed by atoms with Crippen LogP contribution in [0.3, 0.4) is 0 Å². The molecule has 9 nitrogen and oxygen atoms in total. The van der Waals surface area contributed by atoms with E-state index in [1.807, 2.05) is 13.8 Å². The fourth-order valence-corrected chi connectivity index (χ4v) is 3.07. The molecule has 2 heterocycles. The molecule has 0 radical (unpaired) electrons. The highest BCUT2D eigenvalue weighted by atomic mass is 16.7. The lowest BCUT2D eigenvalue weighted by molar-refractivity contribution is -0.134. The number of nitrogens with zero attached hydrogens (tertiary/aromatic N) is 2. The molecule has 0 unspecified atom stereocenters. The quantitative estimate of drug-likeness (QED) is 0.720. The van der Waals surface area contributed by atoms with Gasteiger partial charge < -0.3 is 30.3 Å². The smallest absolute Gasteiger partial charge is 0.254 e. The second-order valence-corrected chi connectivity index (χ2v) is 7.23. The maximum atomic E-state index is 12.7. The van der Waals surface area contributed by atoms with Crippen molar-refractivity contribution >= 4 is 17.7 Å². The Labute approximate surface area is 163 Å². The summed E-state index contributed by atoms with van der Waals surface area (Å²) in [4.78, 5) is 40.2. The second kappa shape index (κ2) is 8.47. The summed E-state index contributed by atoms with van der Waals surface area (Å²) < 4.78 is 10.6. The summed E-state index contributed by atoms with van der Waals surface area (Å²) in [6.07, 6.45) is 0. The van der Waals surface area contributed by atoms with Gasteiger partial charge in [-0.3, -0.25) is 14.4 Å². The molecule has 3 rings (SSSR count). The first-order valence-electron chi connectivity index (χ1n) is 9.37. The van der Waals surface area contributed by atoms with Crippen molar-refractivity contribution in [2.75, 3.05) is 39.5 Å². The third-order valence-electron chi connectivity index (χ3n) is 4.97. The van der Waals surface area contributed by atoms with E-state index in [-0.39, 0.29) is 37.0 Å². The molecule has 1 fully saturated rings. The van der Waals surface area contributed by atoms with Crippen molar-refractivity contribution in [3.63, 3.8) is 0 Å². The van der Waals surface area contributed by atoms with E-state index in [2.05, 4.69) is 5.32 Å². The summed E-state index contributed by atoms with van der Waals surface area (Å²) in [5.41, 5.74) is 6.29. The molecule has 0 saturated carbocycles. The van der Waals surface area contributed by atoms with Gasteiger partial charge >= 0.3 is 0 Å². The highest BCUT2D eigenvalue weighted by Gasteiger charge is 2.27. The Kier molecular flexibility index (Phi) is 6.03. The van der Waals surface area contributed by atoms with Crippen LogP contribution in [0.2, 0.25) is 0 Å². The molecule has 3 N–H and O–H groups in total. The summed E-state index contributed by atoms with van der Waals surface area (Å²) in [7, 11) is 0. The Morgan fingerprint density at radius 3 is 2.39 bits per heavy atom. The number of piperazine rings is 1. The molecule has 152 valence electrons. The van der Waals surface area contributed by atoms with Crippen LogP contribution < -0.4 is 20.5 Å². The molecule has 0 spiro atoms. The molecule has 1 aromatic rings. The van der Waals surface area contributed by atoms with E-state index in [1.54, 1.807) is 28.0 Å². The van der Waals surface area contributed by atoms with E-state index in [9.17, 15) is 14.4 Å². The molecule has 9 heteroatoms. The Morgan fingerprint density at radius 2 is 1.71 bits per heavy atom. The van der Waals surface area contributed by atoms with Gasteiger partial charge in [-0.25, -0.2) is 0 Å². The zero-order valence-corrected chi connectivity index (χ0v) is 16.1. The minimum absolute atomic E-state index is 0.000777. The Bertz CT molecular complexity index is 759. The molecule has 1 aromatic carbocycles. The fourth-order valence-electron chi connectivity index (χ4n) is 3.07. The van der Waals surface area contributed by atoms with Gasteiger partial charge in [-0.2, -0.15) is 0 Å². The summed E-state index contributed by atoms with van der Waals surface area (Å²) in [6, 6.07) is 4.47. The SMILES string of the molecule is CC(C)[C@H](N)C(=O)NCC(=O)N1CCN(C(=O)c2ccc3c(c2)OCO3)CC1. The summed E-state index contributed by atoms with van der Waals surface area (Å²) >= 11 is 0. The van der Waals surface area contributed by atoms with Gasteiger partial charge in [0.1, 0.15) is 0 Å². The number of benzene rings is 1. The van der Waals surface area contributed by atoms with Gasteiger partial charge in [-0.15, -0.1) is 0 Å². The standard InChI is InChI=1S/C19H26N4O5/c1-12(2)17(20)18(25)21-10-16(24)22-5-7-23(8-6-22)19(26)13-3-4-14-15(9-13)28-11-27-14/h3-4,9,12,17H,5-8,10-11,20H2,1-2H3,(H,21,25)/t17-/m0/s1. The maximum absolute atomic E-state index is 12.7. The number of carbonyl (C=O) groups is 3. The predicted molar refractivity (Wildman–Crippen MR) is 101 cm³/mol. The molecule has 1 atom stereocenters. The second-order valence-electron chi connectivity index (χ2n) is 7.23. The number of rotatable bonds is 5. The number of nitrogens with two attached hydrogens (primary N) is 1. The molecule has 3 amide bonds. The Hall–Kier alpha value is -2.81. The van der Waals surface area contributed by atoms with Gasteiger partial charge in [0.25, 0.3) is 5.91 Å². The molecule has 28 heavy (non-hydrogen) atoms. The minimum atomic E-state index is -0.635. The van der Waals surface area contributed by atoms with Crippen LogP contribution in [0.1, 0.15) is 24.2 Å². The van der Waals surface area contributed by atoms with Gasteiger partial charge in [0.05, 0.1) is 12.6 Å². The zero-order chi connectivity index (χ0) is 20.3. The fraction of sp³-hybridized carbons (Fsp3) is 0.526. The molecule has 0 aliphatic carbocycles. The van der Waals surface area contributed by atoms with Crippen LogP contribution in [-0.4, -0.2) is 73.1 Å². The van der Waals surface area contributed by atoms with Crippen molar-refractivity contribution in [2.45, 2.75) is 19.9 Å². The lowest BCUT2D eigenvalue weighted by Crippen LogP contribution is -2.53. The van der Waals surface area contributed by atoms with Crippen LogP contribution in [0.25, 0.3) is 0 Å². The van der Waals surface area contributed by atoms with Crippen LogP contribution in [0.15, 0.2) is 18.2 Å². The lowest BCUT2D eigenvalue weighted by atomic mass is 10.1. The van der Waals surface area contributed by atoms with E-state index < -0.39 is 6.04 Å². The van der Waals surface area contributed by atoms with Crippen LogP contribution >= 0.6 is 0 Å². The Morgan fingerprint density at radius 1 is 1.07 bits per heavy atom. The average molecular weight is 390 g/mol. The summed E-state index contributed by atoms with van der Waals surface area (Å²) in [6.45, 7) is 5.46. The number of hydrogen-bond acceptors (Lipinski definition) is 6. The van der Waals surface area contributed by atoms with Crippen molar-refractivity contribution in [3.05, 3.63) is 23.8 Å². The van der Waals surface area contributed by atoms with E-state index >= 15 is 0 Å². The van der Waals surface area contributed by atoms with Crippen LogP contribution in [0.5, 0.6) is 11.5 Å². The number of fused-ring (bicyclic) bond motifs is 1. The maximum Gasteiger partial charge on any atom is 0.254 e. The minimum Gasteiger partial charge on any atom is -0.454 e. The Balaban J connectivity index is 1.48.